The number of amides is 1. The lowest BCUT2D eigenvalue weighted by Crippen LogP contribution is -2.13. The Morgan fingerprint density at radius 3 is 2.81 bits per heavy atom. The molecule has 5 N–H and O–H groups in total. The van der Waals surface area contributed by atoms with E-state index >= 15 is 0 Å². The normalized spacial score (nSPS) is 11.0. The summed E-state index contributed by atoms with van der Waals surface area (Å²) < 4.78 is 0. The zero-order valence-electron chi connectivity index (χ0n) is 13.7. The quantitative estimate of drug-likeness (QED) is 0.376. The molecule has 0 atom stereocenters. The molecule has 0 aliphatic carbocycles. The topological polar surface area (TPSA) is 142 Å². The third kappa shape index (κ3) is 3.83. The van der Waals surface area contributed by atoms with E-state index in [1.54, 1.807) is 0 Å². The first-order valence-electron chi connectivity index (χ1n) is 7.77. The minimum absolute atomic E-state index is 0.00807. The number of benzene rings is 1. The Balaban J connectivity index is 1.40. The van der Waals surface area contributed by atoms with Crippen molar-refractivity contribution in [3.8, 4) is 11.3 Å². The van der Waals surface area contributed by atoms with Crippen molar-refractivity contribution in [1.82, 2.24) is 24.9 Å². The molecule has 3 heterocycles. The molecule has 0 radical (unpaired) electrons. The van der Waals surface area contributed by atoms with E-state index in [-0.39, 0.29) is 28.8 Å². The SMILES string of the molecule is Nc1nc2nc(SCC(=O)Nc3nc(-c4ccccc4)cs3)[nH]c2c(=O)[nH]1. The molecule has 27 heavy (non-hydrogen) atoms. The summed E-state index contributed by atoms with van der Waals surface area (Å²) in [5.41, 5.74) is 7.32. The molecule has 4 aromatic rings. The van der Waals surface area contributed by atoms with Gasteiger partial charge >= 0.3 is 0 Å². The number of aromatic amines is 2. The number of nitrogens with two attached hydrogens (primary N) is 1. The van der Waals surface area contributed by atoms with E-state index in [4.69, 9.17) is 5.73 Å². The minimum atomic E-state index is -0.405. The van der Waals surface area contributed by atoms with Crippen LogP contribution in [0.5, 0.6) is 0 Å². The Labute approximate surface area is 160 Å². The molecule has 4 rings (SSSR count). The standard InChI is InChI=1S/C16H13N7O2S2/c17-14-21-12-11(13(25)23-14)20-16(22-12)27-7-10(24)19-15-18-9(6-26-15)8-4-2-1-3-5-8/h1-6H,7H2,(H,18,19,24)(H4,17,20,21,22,23,25). The number of hydrogen-bond acceptors (Lipinski definition) is 8. The third-order valence-corrected chi connectivity index (χ3v) is 5.15. The van der Waals surface area contributed by atoms with Crippen LogP contribution in [0.2, 0.25) is 0 Å². The molecule has 0 aliphatic rings. The number of thiazole rings is 1. The molecule has 11 heteroatoms. The highest BCUT2D eigenvalue weighted by Crippen LogP contribution is 2.25. The summed E-state index contributed by atoms with van der Waals surface area (Å²) in [6, 6.07) is 9.72. The first-order chi connectivity index (χ1) is 13.1. The molecule has 0 saturated heterocycles. The molecule has 0 bridgehead atoms. The van der Waals surface area contributed by atoms with Crippen LogP contribution in [0.25, 0.3) is 22.4 Å². The number of rotatable bonds is 5. The van der Waals surface area contributed by atoms with Gasteiger partial charge in [-0.25, -0.2) is 9.97 Å². The fourth-order valence-electron chi connectivity index (χ4n) is 2.33. The van der Waals surface area contributed by atoms with Crippen molar-refractivity contribution in [3.63, 3.8) is 0 Å². The van der Waals surface area contributed by atoms with Gasteiger partial charge < -0.3 is 16.0 Å². The first kappa shape index (κ1) is 17.2. The lowest BCUT2D eigenvalue weighted by molar-refractivity contribution is -0.113. The van der Waals surface area contributed by atoms with Gasteiger partial charge in [0.1, 0.15) is 0 Å². The molecule has 9 nitrogen and oxygen atoms in total. The summed E-state index contributed by atoms with van der Waals surface area (Å²) in [7, 11) is 0. The number of nitrogens with one attached hydrogen (secondary N) is 3. The van der Waals surface area contributed by atoms with Gasteiger partial charge in [0.05, 0.1) is 11.4 Å². The largest absolute Gasteiger partial charge is 0.369 e. The summed E-state index contributed by atoms with van der Waals surface area (Å²) in [4.78, 5) is 41.7. The molecule has 3 aromatic heterocycles. The van der Waals surface area contributed by atoms with E-state index in [1.165, 1.54) is 11.3 Å². The van der Waals surface area contributed by atoms with Crippen LogP contribution in [0.3, 0.4) is 0 Å². The maximum Gasteiger partial charge on any atom is 0.278 e. The number of thioether (sulfide) groups is 1. The zero-order valence-corrected chi connectivity index (χ0v) is 15.4. The number of aromatic nitrogens is 5. The summed E-state index contributed by atoms with van der Waals surface area (Å²) in [5.74, 6) is -0.130. The summed E-state index contributed by atoms with van der Waals surface area (Å²) >= 11 is 2.51. The number of hydrogen-bond donors (Lipinski definition) is 4. The van der Waals surface area contributed by atoms with E-state index < -0.39 is 5.56 Å². The van der Waals surface area contributed by atoms with Crippen molar-refractivity contribution in [3.05, 3.63) is 46.1 Å². The number of anilines is 2. The molecule has 0 unspecified atom stereocenters. The lowest BCUT2D eigenvalue weighted by Gasteiger charge is -2.00. The summed E-state index contributed by atoms with van der Waals surface area (Å²) in [6.45, 7) is 0. The average molecular weight is 399 g/mol. The monoisotopic (exact) mass is 399 g/mol. The van der Waals surface area contributed by atoms with Gasteiger partial charge in [-0.1, -0.05) is 42.1 Å². The molecule has 1 amide bonds. The highest BCUT2D eigenvalue weighted by atomic mass is 32.2. The Bertz CT molecular complexity index is 1170. The van der Waals surface area contributed by atoms with Crippen molar-refractivity contribution in [2.45, 2.75) is 5.16 Å². The van der Waals surface area contributed by atoms with Gasteiger partial charge in [-0.3, -0.25) is 14.6 Å². The zero-order chi connectivity index (χ0) is 18.8. The van der Waals surface area contributed by atoms with Crippen LogP contribution in [-0.2, 0) is 4.79 Å². The Morgan fingerprint density at radius 2 is 2.00 bits per heavy atom. The fraction of sp³-hybridized carbons (Fsp3) is 0.0625. The van der Waals surface area contributed by atoms with Crippen molar-refractivity contribution in [1.29, 1.82) is 0 Å². The van der Waals surface area contributed by atoms with Crippen LogP contribution in [0.4, 0.5) is 11.1 Å². The number of H-pyrrole nitrogens is 2. The molecular weight excluding hydrogens is 386 g/mol. The Hall–Kier alpha value is -3.18. The Morgan fingerprint density at radius 1 is 1.19 bits per heavy atom. The van der Waals surface area contributed by atoms with Gasteiger partial charge in [-0.2, -0.15) is 4.98 Å². The number of imidazole rings is 1. The lowest BCUT2D eigenvalue weighted by atomic mass is 10.2. The molecule has 1 aromatic carbocycles. The second kappa shape index (κ2) is 7.21. The summed E-state index contributed by atoms with van der Waals surface area (Å²) in [5, 5.41) is 5.58. The van der Waals surface area contributed by atoms with Crippen LogP contribution in [-0.4, -0.2) is 36.6 Å². The van der Waals surface area contributed by atoms with Gasteiger partial charge in [0.25, 0.3) is 5.56 Å². The number of carbonyl (C=O) groups is 1. The molecule has 0 saturated carbocycles. The van der Waals surface area contributed by atoms with Crippen LogP contribution in [0.15, 0.2) is 45.7 Å². The summed E-state index contributed by atoms with van der Waals surface area (Å²) in [6.07, 6.45) is 0. The highest BCUT2D eigenvalue weighted by molar-refractivity contribution is 7.99. The fourth-order valence-corrected chi connectivity index (χ4v) is 3.73. The number of carbonyl (C=O) groups excluding carboxylic acids is 1. The van der Waals surface area contributed by atoms with E-state index in [0.29, 0.717) is 10.3 Å². The van der Waals surface area contributed by atoms with E-state index in [0.717, 1.165) is 23.0 Å². The number of nitrogen functional groups attached to an aromatic ring is 1. The molecule has 0 fully saturated rings. The predicted octanol–water partition coefficient (Wildman–Crippen LogP) is 2.08. The molecule has 0 aliphatic heterocycles. The molecule has 0 spiro atoms. The van der Waals surface area contributed by atoms with Crippen molar-refractivity contribution < 1.29 is 4.79 Å². The minimum Gasteiger partial charge on any atom is -0.369 e. The smallest absolute Gasteiger partial charge is 0.278 e. The predicted molar refractivity (Wildman–Crippen MR) is 106 cm³/mol. The van der Waals surface area contributed by atoms with E-state index in [2.05, 4.69) is 30.2 Å². The van der Waals surface area contributed by atoms with Crippen LogP contribution < -0.4 is 16.6 Å². The van der Waals surface area contributed by atoms with Gasteiger partial charge in [0.2, 0.25) is 11.9 Å². The second-order valence-electron chi connectivity index (χ2n) is 5.43. The molecule has 136 valence electrons. The number of nitrogens with zero attached hydrogens (tertiary/aromatic N) is 3. The van der Waals surface area contributed by atoms with Crippen LogP contribution in [0, 0.1) is 0 Å². The average Bonchev–Trinajstić information content (AvgIpc) is 3.28. The van der Waals surface area contributed by atoms with Crippen molar-refractivity contribution in [2.75, 3.05) is 16.8 Å². The highest BCUT2D eigenvalue weighted by Gasteiger charge is 2.12. The van der Waals surface area contributed by atoms with E-state index in [9.17, 15) is 9.59 Å². The van der Waals surface area contributed by atoms with Gasteiger partial charge in [-0.05, 0) is 0 Å². The number of fused-ring (bicyclic) bond motifs is 1. The van der Waals surface area contributed by atoms with Gasteiger partial charge in [-0.15, -0.1) is 11.3 Å². The van der Waals surface area contributed by atoms with Gasteiger partial charge in [0, 0.05) is 10.9 Å². The van der Waals surface area contributed by atoms with Crippen molar-refractivity contribution >= 4 is 51.2 Å². The maximum atomic E-state index is 12.2. The second-order valence-corrected chi connectivity index (χ2v) is 7.25. The van der Waals surface area contributed by atoms with Crippen LogP contribution in [0.1, 0.15) is 0 Å². The van der Waals surface area contributed by atoms with Crippen molar-refractivity contribution in [2.24, 2.45) is 0 Å². The maximum absolute atomic E-state index is 12.2. The Kier molecular flexibility index (Phi) is 4.60. The molecular formula is C16H13N7O2S2. The van der Waals surface area contributed by atoms with Crippen LogP contribution >= 0.6 is 23.1 Å². The first-order valence-corrected chi connectivity index (χ1v) is 9.64. The third-order valence-electron chi connectivity index (χ3n) is 3.52. The van der Waals surface area contributed by atoms with E-state index in [1.807, 2.05) is 35.7 Å². The van der Waals surface area contributed by atoms with Gasteiger partial charge in [0.15, 0.2) is 21.5 Å².